The first-order chi connectivity index (χ1) is 14.8. The van der Waals surface area contributed by atoms with E-state index in [2.05, 4.69) is 46.8 Å². The molecule has 0 spiro atoms. The van der Waals surface area contributed by atoms with Crippen LogP contribution in [0.4, 0.5) is 0 Å². The summed E-state index contributed by atoms with van der Waals surface area (Å²) in [5, 5.41) is 33.9. The lowest BCUT2D eigenvalue weighted by Crippen LogP contribution is -2.66. The lowest BCUT2D eigenvalue weighted by atomic mass is 9.44. The minimum Gasteiger partial charge on any atom is -0.393 e. The Hall–Kier alpha value is -0.970. The van der Waals surface area contributed by atoms with Crippen LogP contribution in [0.2, 0.25) is 0 Å². The lowest BCUT2D eigenvalue weighted by Gasteiger charge is -2.62. The Bertz CT molecular complexity index is 829. The molecule has 0 heterocycles. The van der Waals surface area contributed by atoms with Crippen molar-refractivity contribution >= 4 is 5.78 Å². The highest BCUT2D eigenvalue weighted by Gasteiger charge is 2.69. The van der Waals surface area contributed by atoms with Gasteiger partial charge in [-0.2, -0.15) is 0 Å². The molecule has 0 aliphatic heterocycles. The number of allylic oxidation sites excluding steroid dienone is 2. The van der Waals surface area contributed by atoms with Crippen molar-refractivity contribution in [3.8, 4) is 0 Å². The van der Waals surface area contributed by atoms with Crippen LogP contribution in [0.3, 0.4) is 0 Å². The highest BCUT2D eigenvalue weighted by Crippen LogP contribution is 2.68. The van der Waals surface area contributed by atoms with Crippen LogP contribution in [0.5, 0.6) is 0 Å². The van der Waals surface area contributed by atoms with Crippen LogP contribution in [0, 0.1) is 40.4 Å². The molecule has 180 valence electrons. The van der Waals surface area contributed by atoms with Gasteiger partial charge in [-0.3, -0.25) is 4.79 Å². The topological polar surface area (TPSA) is 77.8 Å². The number of rotatable bonds is 4. The minimum absolute atomic E-state index is 0.0127. The van der Waals surface area contributed by atoms with Gasteiger partial charge in [-0.25, -0.2) is 0 Å². The minimum atomic E-state index is -1.52. The summed E-state index contributed by atoms with van der Waals surface area (Å²) in [6, 6.07) is 0. The number of aliphatic hydroxyl groups excluding tert-OH is 1. The molecule has 0 amide bonds. The van der Waals surface area contributed by atoms with Crippen LogP contribution in [-0.4, -0.2) is 38.4 Å². The Balaban J connectivity index is 1.68. The predicted molar refractivity (Wildman–Crippen MR) is 127 cm³/mol. The summed E-state index contributed by atoms with van der Waals surface area (Å²) in [6.45, 7) is 13.3. The number of carbonyl (C=O) groups excluding carboxylic acids is 1. The van der Waals surface area contributed by atoms with Crippen LogP contribution in [0.25, 0.3) is 0 Å². The number of hydrogen-bond donors (Lipinski definition) is 3. The van der Waals surface area contributed by atoms with Gasteiger partial charge in [0, 0.05) is 17.3 Å². The molecule has 9 atom stereocenters. The molecular formula is C28H44O4. The van der Waals surface area contributed by atoms with E-state index in [0.717, 1.165) is 24.8 Å². The average Bonchev–Trinajstić information content (AvgIpc) is 3.00. The molecule has 0 unspecified atom stereocenters. The fourth-order valence-electron chi connectivity index (χ4n) is 7.92. The maximum Gasteiger partial charge on any atom is 0.187 e. The molecule has 0 aromatic heterocycles. The van der Waals surface area contributed by atoms with Gasteiger partial charge in [-0.05, 0) is 79.8 Å². The molecule has 0 bridgehead atoms. The summed E-state index contributed by atoms with van der Waals surface area (Å²) in [5.74, 6) is 1.54. The summed E-state index contributed by atoms with van der Waals surface area (Å²) < 4.78 is 0. The van der Waals surface area contributed by atoms with Gasteiger partial charge in [0.2, 0.25) is 0 Å². The predicted octanol–water partition coefficient (Wildman–Crippen LogP) is 4.82. The molecule has 0 aromatic rings. The van der Waals surface area contributed by atoms with Crippen molar-refractivity contribution in [2.75, 3.05) is 0 Å². The number of fused-ring (bicyclic) bond motifs is 5. The molecule has 4 nitrogen and oxygen atoms in total. The Kier molecular flexibility index (Phi) is 5.88. The zero-order chi connectivity index (χ0) is 23.7. The van der Waals surface area contributed by atoms with Crippen LogP contribution in [-0.2, 0) is 4.79 Å². The lowest BCUT2D eigenvalue weighted by molar-refractivity contribution is -0.188. The maximum absolute atomic E-state index is 13.3. The van der Waals surface area contributed by atoms with E-state index in [1.165, 1.54) is 0 Å². The van der Waals surface area contributed by atoms with Crippen molar-refractivity contribution in [2.24, 2.45) is 40.4 Å². The summed E-state index contributed by atoms with van der Waals surface area (Å²) in [7, 11) is 0. The zero-order valence-electron chi connectivity index (χ0n) is 20.9. The first-order valence-electron chi connectivity index (χ1n) is 12.9. The monoisotopic (exact) mass is 444 g/mol. The van der Waals surface area contributed by atoms with E-state index < -0.39 is 22.7 Å². The van der Waals surface area contributed by atoms with Crippen molar-refractivity contribution in [2.45, 2.75) is 104 Å². The summed E-state index contributed by atoms with van der Waals surface area (Å²) in [6.07, 6.45) is 10.4. The molecule has 4 heteroatoms. The average molecular weight is 445 g/mol. The van der Waals surface area contributed by atoms with E-state index in [4.69, 9.17) is 0 Å². The van der Waals surface area contributed by atoms with Crippen LogP contribution in [0.1, 0.15) is 86.5 Å². The van der Waals surface area contributed by atoms with E-state index in [9.17, 15) is 20.1 Å². The fraction of sp³-hybridized carbons (Fsp3) is 0.821. The molecular weight excluding hydrogens is 400 g/mol. The molecule has 0 radical (unpaired) electrons. The first-order valence-corrected chi connectivity index (χ1v) is 12.9. The molecule has 3 fully saturated rings. The quantitative estimate of drug-likeness (QED) is 0.543. The van der Waals surface area contributed by atoms with E-state index in [-0.39, 0.29) is 23.5 Å². The molecule has 0 saturated heterocycles. The Morgan fingerprint density at radius 2 is 1.59 bits per heavy atom. The van der Waals surface area contributed by atoms with Gasteiger partial charge in [0.05, 0.1) is 11.7 Å². The molecule has 32 heavy (non-hydrogen) atoms. The van der Waals surface area contributed by atoms with Crippen molar-refractivity contribution in [3.05, 3.63) is 23.8 Å². The van der Waals surface area contributed by atoms with Gasteiger partial charge in [0.1, 0.15) is 5.60 Å². The van der Waals surface area contributed by atoms with Crippen molar-refractivity contribution in [1.29, 1.82) is 0 Å². The second-order valence-electron chi connectivity index (χ2n) is 12.5. The maximum atomic E-state index is 13.3. The molecule has 4 aliphatic rings. The van der Waals surface area contributed by atoms with E-state index in [1.807, 2.05) is 6.92 Å². The molecule has 4 rings (SSSR count). The van der Waals surface area contributed by atoms with Gasteiger partial charge in [0.25, 0.3) is 0 Å². The Morgan fingerprint density at radius 3 is 2.25 bits per heavy atom. The largest absolute Gasteiger partial charge is 0.393 e. The van der Waals surface area contributed by atoms with Crippen LogP contribution < -0.4 is 0 Å². The number of hydrogen-bond acceptors (Lipinski definition) is 4. The van der Waals surface area contributed by atoms with Gasteiger partial charge in [-0.15, -0.1) is 0 Å². The molecule has 4 aliphatic carbocycles. The van der Waals surface area contributed by atoms with Gasteiger partial charge < -0.3 is 15.3 Å². The third kappa shape index (κ3) is 3.15. The molecule has 0 aromatic carbocycles. The molecule has 3 saturated carbocycles. The standard InChI is InChI=1S/C28H44O4/c1-17(2)18(3)7-8-19(4)21-11-14-27(31)23-15-24(30)28(32)16-20(29)9-12-26(28,6)22(23)10-13-25(21,27)5/h7-8,15,17-22,29,31-32H,9-14,16H2,1-6H3/t18-,19+,20-,21+,22-,25+,26+,27+,28-/m0/s1. The fourth-order valence-corrected chi connectivity index (χ4v) is 7.92. The van der Waals surface area contributed by atoms with Crippen molar-refractivity contribution in [3.63, 3.8) is 0 Å². The summed E-state index contributed by atoms with van der Waals surface area (Å²) in [5.41, 5.74) is -2.55. The number of aliphatic hydroxyl groups is 3. The summed E-state index contributed by atoms with van der Waals surface area (Å²) in [4.78, 5) is 13.3. The van der Waals surface area contributed by atoms with E-state index in [0.29, 0.717) is 42.9 Å². The van der Waals surface area contributed by atoms with E-state index >= 15 is 0 Å². The second-order valence-corrected chi connectivity index (χ2v) is 12.5. The highest BCUT2D eigenvalue weighted by molar-refractivity contribution is 6.00. The van der Waals surface area contributed by atoms with Gasteiger partial charge in [0.15, 0.2) is 5.78 Å². The first kappa shape index (κ1) is 24.2. The number of ketones is 1. The zero-order valence-corrected chi connectivity index (χ0v) is 20.9. The number of carbonyl (C=O) groups is 1. The SMILES string of the molecule is CC(C)[C@@H](C)C=C[C@@H](C)[C@H]1CC[C@@]2(O)C3=CC(=O)[C@@]4(O)C[C@@H](O)CC[C@]4(C)[C@H]3CC[C@]12C. The smallest absolute Gasteiger partial charge is 0.187 e. The third-order valence-corrected chi connectivity index (χ3v) is 10.7. The Labute approximate surface area is 194 Å². The molecule has 3 N–H and O–H groups in total. The van der Waals surface area contributed by atoms with Crippen molar-refractivity contribution in [1.82, 2.24) is 0 Å². The Morgan fingerprint density at radius 1 is 0.938 bits per heavy atom. The van der Waals surface area contributed by atoms with E-state index in [1.54, 1.807) is 6.08 Å². The third-order valence-electron chi connectivity index (χ3n) is 10.7. The van der Waals surface area contributed by atoms with Crippen LogP contribution in [0.15, 0.2) is 23.8 Å². The second kappa shape index (κ2) is 7.78. The van der Waals surface area contributed by atoms with Gasteiger partial charge >= 0.3 is 0 Å². The summed E-state index contributed by atoms with van der Waals surface area (Å²) >= 11 is 0. The van der Waals surface area contributed by atoms with Crippen LogP contribution >= 0.6 is 0 Å². The van der Waals surface area contributed by atoms with Crippen molar-refractivity contribution < 1.29 is 20.1 Å². The highest BCUT2D eigenvalue weighted by atomic mass is 16.3. The normalized spacial score (nSPS) is 48.2. The van der Waals surface area contributed by atoms with Gasteiger partial charge in [-0.1, -0.05) is 53.7 Å².